The summed E-state index contributed by atoms with van der Waals surface area (Å²) in [6.07, 6.45) is 16.3. The predicted octanol–water partition coefficient (Wildman–Crippen LogP) is 5.47. The molecule has 0 spiro atoms. The predicted molar refractivity (Wildman–Crippen MR) is 80.8 cm³/mol. The Morgan fingerprint density at radius 2 is 1.17 bits per heavy atom. The van der Waals surface area contributed by atoms with Crippen molar-refractivity contribution < 1.29 is 8.98 Å². The van der Waals surface area contributed by atoms with E-state index in [2.05, 4.69) is 24.0 Å². The SMILES string of the molecule is CCCCCCCCCCCCCCC(=O)OS. The molecule has 18 heavy (non-hydrogen) atoms. The summed E-state index contributed by atoms with van der Waals surface area (Å²) in [4.78, 5) is 10.8. The smallest absolute Gasteiger partial charge is 0.317 e. The van der Waals surface area contributed by atoms with Crippen LogP contribution in [0.25, 0.3) is 0 Å². The van der Waals surface area contributed by atoms with Crippen LogP contribution in [0.5, 0.6) is 0 Å². The van der Waals surface area contributed by atoms with E-state index in [0.29, 0.717) is 6.42 Å². The molecule has 0 bridgehead atoms. The molecule has 0 aromatic carbocycles. The minimum Gasteiger partial charge on any atom is -0.395 e. The lowest BCUT2D eigenvalue weighted by Gasteiger charge is -2.02. The number of thiol groups is 1. The van der Waals surface area contributed by atoms with Crippen LogP contribution in [0.2, 0.25) is 0 Å². The number of hydrogen-bond acceptors (Lipinski definition) is 3. The molecule has 0 fully saturated rings. The molecule has 0 saturated carbocycles. The highest BCUT2D eigenvalue weighted by atomic mass is 32.1. The Hall–Kier alpha value is -0.180. The van der Waals surface area contributed by atoms with E-state index in [9.17, 15) is 4.79 Å². The van der Waals surface area contributed by atoms with E-state index in [4.69, 9.17) is 0 Å². The summed E-state index contributed by atoms with van der Waals surface area (Å²) < 4.78 is 4.31. The van der Waals surface area contributed by atoms with Crippen molar-refractivity contribution in [3.63, 3.8) is 0 Å². The van der Waals surface area contributed by atoms with Crippen molar-refractivity contribution in [1.29, 1.82) is 0 Å². The molecule has 0 saturated heterocycles. The Labute approximate surface area is 118 Å². The lowest BCUT2D eigenvalue weighted by molar-refractivity contribution is -0.132. The number of unbranched alkanes of at least 4 members (excludes halogenated alkanes) is 11. The molecule has 0 rings (SSSR count). The van der Waals surface area contributed by atoms with Gasteiger partial charge >= 0.3 is 5.97 Å². The second-order valence-corrected chi connectivity index (χ2v) is 5.28. The molecule has 3 heteroatoms. The van der Waals surface area contributed by atoms with E-state index in [1.807, 2.05) is 0 Å². The molecule has 0 aromatic rings. The van der Waals surface area contributed by atoms with Gasteiger partial charge in [-0.25, -0.2) is 0 Å². The van der Waals surface area contributed by atoms with Gasteiger partial charge in [0.25, 0.3) is 0 Å². The van der Waals surface area contributed by atoms with Crippen LogP contribution in [0, 0.1) is 0 Å². The molecular weight excluding hydrogens is 244 g/mol. The van der Waals surface area contributed by atoms with Gasteiger partial charge in [0, 0.05) is 19.3 Å². The molecule has 0 unspecified atom stereocenters. The molecule has 0 aliphatic heterocycles. The fraction of sp³-hybridized carbons (Fsp3) is 0.933. The molecular formula is C15H30O2S. The molecule has 0 aliphatic carbocycles. The number of carbonyl (C=O) groups excluding carboxylic acids is 1. The summed E-state index contributed by atoms with van der Waals surface area (Å²) in [5, 5.41) is 0. The van der Waals surface area contributed by atoms with Crippen LogP contribution in [0.3, 0.4) is 0 Å². The van der Waals surface area contributed by atoms with Crippen molar-refractivity contribution in [2.24, 2.45) is 0 Å². The van der Waals surface area contributed by atoms with Gasteiger partial charge in [0.05, 0.1) is 0 Å². The van der Waals surface area contributed by atoms with Crippen LogP contribution in [0.15, 0.2) is 0 Å². The van der Waals surface area contributed by atoms with Crippen molar-refractivity contribution in [3.05, 3.63) is 0 Å². The maximum absolute atomic E-state index is 10.8. The Balaban J connectivity index is 2.97. The van der Waals surface area contributed by atoms with Crippen LogP contribution in [-0.4, -0.2) is 5.97 Å². The van der Waals surface area contributed by atoms with Gasteiger partial charge in [0.1, 0.15) is 0 Å². The van der Waals surface area contributed by atoms with Crippen molar-refractivity contribution in [3.8, 4) is 0 Å². The van der Waals surface area contributed by atoms with Crippen LogP contribution < -0.4 is 0 Å². The van der Waals surface area contributed by atoms with E-state index in [1.165, 1.54) is 64.2 Å². The third-order valence-corrected chi connectivity index (χ3v) is 3.54. The molecule has 0 atom stereocenters. The van der Waals surface area contributed by atoms with Crippen molar-refractivity contribution in [2.75, 3.05) is 0 Å². The van der Waals surface area contributed by atoms with Gasteiger partial charge in [-0.2, -0.15) is 0 Å². The zero-order valence-corrected chi connectivity index (χ0v) is 12.9. The fourth-order valence-corrected chi connectivity index (χ4v) is 2.25. The summed E-state index contributed by atoms with van der Waals surface area (Å²) in [5.41, 5.74) is 0. The normalized spacial score (nSPS) is 10.6. The van der Waals surface area contributed by atoms with E-state index in [-0.39, 0.29) is 5.97 Å². The zero-order valence-electron chi connectivity index (χ0n) is 12.0. The van der Waals surface area contributed by atoms with Gasteiger partial charge in [0.2, 0.25) is 0 Å². The molecule has 0 aliphatic rings. The first kappa shape index (κ1) is 17.8. The van der Waals surface area contributed by atoms with Gasteiger partial charge in [-0.1, -0.05) is 77.6 Å². The van der Waals surface area contributed by atoms with Crippen LogP contribution >= 0.6 is 12.9 Å². The topological polar surface area (TPSA) is 26.3 Å². The highest BCUT2D eigenvalue weighted by molar-refractivity contribution is 7.75. The quantitative estimate of drug-likeness (QED) is 0.274. The zero-order chi connectivity index (χ0) is 13.5. The molecule has 0 heterocycles. The summed E-state index contributed by atoms with van der Waals surface area (Å²) in [5.74, 6) is -0.203. The summed E-state index contributed by atoms with van der Waals surface area (Å²) in [7, 11) is 0. The van der Waals surface area contributed by atoms with Gasteiger partial charge in [-0.3, -0.25) is 4.79 Å². The average Bonchev–Trinajstić information content (AvgIpc) is 2.39. The van der Waals surface area contributed by atoms with E-state index in [0.717, 1.165) is 12.8 Å². The minimum absolute atomic E-state index is 0.203. The second-order valence-electron chi connectivity index (χ2n) is 5.10. The first-order valence-corrected chi connectivity index (χ1v) is 8.02. The third-order valence-electron chi connectivity index (χ3n) is 3.34. The first-order valence-electron chi connectivity index (χ1n) is 7.65. The molecule has 108 valence electrons. The molecule has 2 nitrogen and oxygen atoms in total. The average molecular weight is 274 g/mol. The van der Waals surface area contributed by atoms with Gasteiger partial charge in [-0.15, -0.1) is 0 Å². The Morgan fingerprint density at radius 3 is 1.56 bits per heavy atom. The Bertz CT molecular complexity index is 183. The Kier molecular flexibility index (Phi) is 14.7. The molecule has 0 radical (unpaired) electrons. The summed E-state index contributed by atoms with van der Waals surface area (Å²) in [6.45, 7) is 2.26. The minimum atomic E-state index is -0.203. The highest BCUT2D eigenvalue weighted by Crippen LogP contribution is 2.12. The lowest BCUT2D eigenvalue weighted by Crippen LogP contribution is -1.95. The van der Waals surface area contributed by atoms with Gasteiger partial charge in [0.15, 0.2) is 0 Å². The van der Waals surface area contributed by atoms with E-state index in [1.54, 1.807) is 0 Å². The van der Waals surface area contributed by atoms with E-state index >= 15 is 0 Å². The summed E-state index contributed by atoms with van der Waals surface area (Å²) in [6, 6.07) is 0. The largest absolute Gasteiger partial charge is 0.395 e. The monoisotopic (exact) mass is 274 g/mol. The summed E-state index contributed by atoms with van der Waals surface area (Å²) >= 11 is 3.48. The number of carbonyl (C=O) groups is 1. The van der Waals surface area contributed by atoms with Crippen LogP contribution in [0.4, 0.5) is 0 Å². The Morgan fingerprint density at radius 1 is 0.778 bits per heavy atom. The van der Waals surface area contributed by atoms with Crippen molar-refractivity contribution >= 4 is 18.9 Å². The maximum atomic E-state index is 10.8. The lowest BCUT2D eigenvalue weighted by atomic mass is 10.0. The van der Waals surface area contributed by atoms with Gasteiger partial charge in [-0.05, 0) is 6.42 Å². The maximum Gasteiger partial charge on any atom is 0.317 e. The van der Waals surface area contributed by atoms with Crippen molar-refractivity contribution in [2.45, 2.75) is 90.4 Å². The third kappa shape index (κ3) is 13.9. The first-order chi connectivity index (χ1) is 8.81. The highest BCUT2D eigenvalue weighted by Gasteiger charge is 1.99. The van der Waals surface area contributed by atoms with Crippen LogP contribution in [-0.2, 0) is 8.98 Å². The number of hydrogen-bond donors (Lipinski definition) is 1. The molecule has 0 amide bonds. The fourth-order valence-electron chi connectivity index (χ4n) is 2.16. The molecule has 0 N–H and O–H groups in total. The van der Waals surface area contributed by atoms with Crippen molar-refractivity contribution in [1.82, 2.24) is 0 Å². The van der Waals surface area contributed by atoms with E-state index < -0.39 is 0 Å². The number of rotatable bonds is 13. The molecule has 0 aromatic heterocycles. The van der Waals surface area contributed by atoms with Crippen LogP contribution in [0.1, 0.15) is 90.4 Å². The van der Waals surface area contributed by atoms with Gasteiger partial charge < -0.3 is 4.18 Å². The standard InChI is InChI=1S/C15H30O2S/c1-2-3-4-5-6-7-8-9-10-11-12-13-14-15(16)17-18/h18H,2-14H2,1H3. The second kappa shape index (κ2) is 14.9.